The molecule has 0 saturated carbocycles. The predicted molar refractivity (Wildman–Crippen MR) is 26.9 cm³/mol. The molecule has 0 aromatic heterocycles. The van der Waals surface area contributed by atoms with E-state index in [4.69, 9.17) is 10.2 Å². The Balaban J connectivity index is 3.91. The van der Waals surface area contributed by atoms with Crippen molar-refractivity contribution in [3.8, 4) is 0 Å². The van der Waals surface area contributed by atoms with E-state index in [1.165, 1.54) is 0 Å². The van der Waals surface area contributed by atoms with Gasteiger partial charge in [-0.25, -0.2) is 0 Å². The molecule has 0 aromatic rings. The summed E-state index contributed by atoms with van der Waals surface area (Å²) >= 11 is 0. The molecule has 8 heavy (non-hydrogen) atoms. The number of amides is 1. The third kappa shape index (κ3) is 1.48. The molecule has 0 saturated heterocycles. The molecule has 0 radical (unpaired) electrons. The van der Waals surface area contributed by atoms with Crippen molar-refractivity contribution in [3.63, 3.8) is 0 Å². The van der Waals surface area contributed by atoms with Crippen molar-refractivity contribution in [2.45, 2.75) is 12.5 Å². The van der Waals surface area contributed by atoms with Gasteiger partial charge in [0.2, 0.25) is 0 Å². The van der Waals surface area contributed by atoms with Crippen LogP contribution in [0.15, 0.2) is 0 Å². The van der Waals surface area contributed by atoms with Crippen LogP contribution in [0.5, 0.6) is 0 Å². The molecule has 48 valence electrons. The highest BCUT2D eigenvalue weighted by atomic mass is 16.3. The Morgan fingerprint density at radius 2 is 2.25 bits per heavy atom. The SMILES string of the molecule is CC(O)(CO)C(N)=O. The molecule has 0 bridgehead atoms. The molecular formula is C4H9NO3. The van der Waals surface area contributed by atoms with Crippen molar-refractivity contribution in [1.29, 1.82) is 0 Å². The Morgan fingerprint density at radius 3 is 2.25 bits per heavy atom. The maximum Gasteiger partial charge on any atom is 0.251 e. The molecule has 0 fully saturated rings. The first-order valence-electron chi connectivity index (χ1n) is 2.14. The summed E-state index contributed by atoms with van der Waals surface area (Å²) in [4.78, 5) is 10.1. The molecule has 0 aliphatic heterocycles. The molecule has 1 amide bonds. The Bertz CT molecular complexity index is 99.5. The van der Waals surface area contributed by atoms with E-state index in [-0.39, 0.29) is 0 Å². The number of aliphatic hydroxyl groups is 2. The van der Waals surface area contributed by atoms with Gasteiger partial charge in [-0.05, 0) is 6.92 Å². The first-order chi connectivity index (χ1) is 3.50. The Labute approximate surface area is 46.9 Å². The van der Waals surface area contributed by atoms with E-state index in [1.54, 1.807) is 0 Å². The van der Waals surface area contributed by atoms with E-state index >= 15 is 0 Å². The zero-order valence-corrected chi connectivity index (χ0v) is 4.59. The van der Waals surface area contributed by atoms with Crippen LogP contribution in [0.4, 0.5) is 0 Å². The van der Waals surface area contributed by atoms with Crippen LogP contribution in [0.3, 0.4) is 0 Å². The predicted octanol–water partition coefficient (Wildman–Crippen LogP) is -1.78. The molecule has 0 aromatic carbocycles. The maximum atomic E-state index is 10.1. The second-order valence-corrected chi connectivity index (χ2v) is 1.80. The molecule has 0 aliphatic carbocycles. The lowest BCUT2D eigenvalue weighted by Crippen LogP contribution is -2.43. The number of rotatable bonds is 2. The van der Waals surface area contributed by atoms with E-state index in [2.05, 4.69) is 5.73 Å². The van der Waals surface area contributed by atoms with E-state index in [9.17, 15) is 4.79 Å². The molecular weight excluding hydrogens is 110 g/mol. The van der Waals surface area contributed by atoms with Crippen LogP contribution >= 0.6 is 0 Å². The summed E-state index contributed by atoms with van der Waals surface area (Å²) in [6.45, 7) is 0.512. The van der Waals surface area contributed by atoms with Crippen LogP contribution in [-0.2, 0) is 4.79 Å². The first kappa shape index (κ1) is 7.39. The average Bonchev–Trinajstić information content (AvgIpc) is 1.67. The van der Waals surface area contributed by atoms with Gasteiger partial charge in [0.1, 0.15) is 0 Å². The first-order valence-corrected chi connectivity index (χ1v) is 2.14. The molecule has 0 spiro atoms. The summed E-state index contributed by atoms with van der Waals surface area (Å²) in [6.07, 6.45) is 0. The van der Waals surface area contributed by atoms with Crippen LogP contribution in [0.2, 0.25) is 0 Å². The van der Waals surface area contributed by atoms with Gasteiger partial charge in [0.25, 0.3) is 5.91 Å². The topological polar surface area (TPSA) is 83.6 Å². The standard InChI is InChI=1S/C4H9NO3/c1-4(8,2-6)3(5)7/h6,8H,2H2,1H3,(H2,5,7). The zero-order chi connectivity index (χ0) is 6.78. The highest BCUT2D eigenvalue weighted by molar-refractivity contribution is 5.82. The summed E-state index contributed by atoms with van der Waals surface area (Å²) < 4.78 is 0. The highest BCUT2D eigenvalue weighted by Gasteiger charge is 2.25. The van der Waals surface area contributed by atoms with Gasteiger partial charge >= 0.3 is 0 Å². The number of nitrogens with two attached hydrogens (primary N) is 1. The average molecular weight is 119 g/mol. The maximum absolute atomic E-state index is 10.1. The normalized spacial score (nSPS) is 17.4. The molecule has 1 unspecified atom stereocenters. The number of primary amides is 1. The largest absolute Gasteiger partial charge is 0.393 e. The number of hydrogen-bond donors (Lipinski definition) is 3. The van der Waals surface area contributed by atoms with E-state index in [0.717, 1.165) is 6.92 Å². The molecule has 0 rings (SSSR count). The van der Waals surface area contributed by atoms with Crippen LogP contribution < -0.4 is 5.73 Å². The van der Waals surface area contributed by atoms with E-state index in [0.29, 0.717) is 0 Å². The molecule has 0 aliphatic rings. The summed E-state index contributed by atoms with van der Waals surface area (Å²) in [5.74, 6) is -0.917. The van der Waals surface area contributed by atoms with Crippen molar-refractivity contribution in [2.24, 2.45) is 5.73 Å². The minimum atomic E-state index is -1.76. The zero-order valence-electron chi connectivity index (χ0n) is 4.59. The highest BCUT2D eigenvalue weighted by Crippen LogP contribution is 1.97. The Kier molecular flexibility index (Phi) is 1.94. The van der Waals surface area contributed by atoms with Crippen molar-refractivity contribution < 1.29 is 15.0 Å². The third-order valence-electron chi connectivity index (χ3n) is 0.839. The van der Waals surface area contributed by atoms with Gasteiger partial charge in [0.05, 0.1) is 6.61 Å². The summed E-state index contributed by atoms with van der Waals surface area (Å²) in [7, 11) is 0. The van der Waals surface area contributed by atoms with Gasteiger partial charge in [0, 0.05) is 0 Å². The molecule has 0 heterocycles. The van der Waals surface area contributed by atoms with Gasteiger partial charge in [-0.1, -0.05) is 0 Å². The fraction of sp³-hybridized carbons (Fsp3) is 0.750. The number of aliphatic hydroxyl groups excluding tert-OH is 1. The molecule has 1 atom stereocenters. The minimum Gasteiger partial charge on any atom is -0.393 e. The number of hydrogen-bond acceptors (Lipinski definition) is 3. The molecule has 4 nitrogen and oxygen atoms in total. The van der Waals surface area contributed by atoms with Crippen molar-refractivity contribution >= 4 is 5.91 Å². The fourth-order valence-corrected chi connectivity index (χ4v) is 0.0779. The van der Waals surface area contributed by atoms with E-state index < -0.39 is 18.1 Å². The second-order valence-electron chi connectivity index (χ2n) is 1.80. The van der Waals surface area contributed by atoms with Gasteiger partial charge in [0.15, 0.2) is 5.60 Å². The summed E-state index contributed by atoms with van der Waals surface area (Å²) in [5, 5.41) is 16.9. The van der Waals surface area contributed by atoms with Gasteiger partial charge in [-0.3, -0.25) is 4.79 Å². The van der Waals surface area contributed by atoms with E-state index in [1.807, 2.05) is 0 Å². The lowest BCUT2D eigenvalue weighted by Gasteiger charge is -2.13. The van der Waals surface area contributed by atoms with Crippen LogP contribution in [0.25, 0.3) is 0 Å². The van der Waals surface area contributed by atoms with Gasteiger partial charge in [-0.2, -0.15) is 0 Å². The van der Waals surface area contributed by atoms with Crippen molar-refractivity contribution in [1.82, 2.24) is 0 Å². The molecule has 4 N–H and O–H groups in total. The smallest absolute Gasteiger partial charge is 0.251 e. The Hall–Kier alpha value is -0.610. The lowest BCUT2D eigenvalue weighted by molar-refractivity contribution is -0.138. The monoisotopic (exact) mass is 119 g/mol. The summed E-state index contributed by atoms with van der Waals surface area (Å²) in [6, 6.07) is 0. The second kappa shape index (κ2) is 2.11. The summed E-state index contributed by atoms with van der Waals surface area (Å²) in [5.41, 5.74) is 2.87. The van der Waals surface area contributed by atoms with Crippen LogP contribution in [-0.4, -0.2) is 28.3 Å². The van der Waals surface area contributed by atoms with Gasteiger partial charge < -0.3 is 15.9 Å². The minimum absolute atomic E-state index is 0.637. The van der Waals surface area contributed by atoms with Crippen molar-refractivity contribution in [2.75, 3.05) is 6.61 Å². The lowest BCUT2D eigenvalue weighted by atomic mass is 10.1. The fourth-order valence-electron chi connectivity index (χ4n) is 0.0779. The van der Waals surface area contributed by atoms with Crippen LogP contribution in [0.1, 0.15) is 6.92 Å². The van der Waals surface area contributed by atoms with Gasteiger partial charge in [-0.15, -0.1) is 0 Å². The molecule has 4 heteroatoms. The number of carbonyl (C=O) groups is 1. The quantitative estimate of drug-likeness (QED) is 0.401. The van der Waals surface area contributed by atoms with Crippen molar-refractivity contribution in [3.05, 3.63) is 0 Å². The Morgan fingerprint density at radius 1 is 1.88 bits per heavy atom. The van der Waals surface area contributed by atoms with Crippen LogP contribution in [0, 0.1) is 0 Å². The third-order valence-corrected chi connectivity index (χ3v) is 0.839. The number of carbonyl (C=O) groups excluding carboxylic acids is 1.